The summed E-state index contributed by atoms with van der Waals surface area (Å²) in [4.78, 5) is 12.1. The average Bonchev–Trinajstić information content (AvgIpc) is 3.00. The second-order valence-corrected chi connectivity index (χ2v) is 5.12. The molecule has 0 aliphatic heterocycles. The number of anilines is 1. The van der Waals surface area contributed by atoms with Gasteiger partial charge in [-0.25, -0.2) is 19.3 Å². The summed E-state index contributed by atoms with van der Waals surface area (Å²) < 4.78 is 16.1. The van der Waals surface area contributed by atoms with E-state index in [-0.39, 0.29) is 24.9 Å². The van der Waals surface area contributed by atoms with E-state index in [4.69, 9.17) is 5.73 Å². The van der Waals surface area contributed by atoms with Gasteiger partial charge in [0.2, 0.25) is 0 Å². The van der Waals surface area contributed by atoms with Gasteiger partial charge in [0.25, 0.3) is 0 Å². The van der Waals surface area contributed by atoms with Gasteiger partial charge in [-0.05, 0) is 12.3 Å². The van der Waals surface area contributed by atoms with Crippen LogP contribution < -0.4 is 5.73 Å². The van der Waals surface area contributed by atoms with Crippen LogP contribution in [0.15, 0.2) is 12.7 Å². The van der Waals surface area contributed by atoms with Gasteiger partial charge in [-0.2, -0.15) is 0 Å². The molecule has 1 aliphatic rings. The van der Waals surface area contributed by atoms with Crippen molar-refractivity contribution in [3.05, 3.63) is 12.7 Å². The highest BCUT2D eigenvalue weighted by Gasteiger charge is 2.44. The Morgan fingerprint density at radius 3 is 2.75 bits per heavy atom. The molecule has 0 bridgehead atoms. The Hall–Kier alpha value is -1.80. The van der Waals surface area contributed by atoms with Gasteiger partial charge in [0.1, 0.15) is 18.0 Å². The zero-order valence-corrected chi connectivity index (χ0v) is 10.7. The van der Waals surface area contributed by atoms with E-state index in [0.717, 1.165) is 0 Å². The van der Waals surface area contributed by atoms with Gasteiger partial charge in [-0.15, -0.1) is 0 Å². The molecule has 2 heterocycles. The molecule has 0 spiro atoms. The molecule has 0 radical (unpaired) electrons. The van der Waals surface area contributed by atoms with Gasteiger partial charge in [-0.3, -0.25) is 0 Å². The Balaban J connectivity index is 2.01. The van der Waals surface area contributed by atoms with Crippen LogP contribution in [0.4, 0.5) is 10.2 Å². The van der Waals surface area contributed by atoms with Crippen LogP contribution in [-0.2, 0) is 0 Å². The molecule has 0 aromatic carbocycles. The van der Waals surface area contributed by atoms with Crippen molar-refractivity contribution < 1.29 is 14.6 Å². The number of aliphatic hydroxyl groups is 2. The maximum atomic E-state index is 14.5. The fourth-order valence-corrected chi connectivity index (χ4v) is 3.00. The lowest BCUT2D eigenvalue weighted by molar-refractivity contribution is 0.0957. The summed E-state index contributed by atoms with van der Waals surface area (Å²) in [6, 6.07) is -0.511. The van der Waals surface area contributed by atoms with Gasteiger partial charge in [-0.1, -0.05) is 0 Å². The fraction of sp³-hybridized carbons (Fsp3) is 0.583. The second kappa shape index (κ2) is 4.95. The summed E-state index contributed by atoms with van der Waals surface area (Å²) in [7, 11) is 0. The molecule has 0 unspecified atom stereocenters. The van der Waals surface area contributed by atoms with E-state index in [1.807, 2.05) is 0 Å². The van der Waals surface area contributed by atoms with E-state index in [0.29, 0.717) is 17.6 Å². The van der Waals surface area contributed by atoms with Crippen LogP contribution in [0.1, 0.15) is 12.5 Å². The number of hydrogen-bond donors (Lipinski definition) is 3. The number of nitrogen functional groups attached to an aromatic ring is 1. The number of aromatic nitrogens is 4. The number of nitrogens with two attached hydrogens (primary N) is 1. The average molecular weight is 281 g/mol. The Morgan fingerprint density at radius 2 is 2.10 bits per heavy atom. The highest BCUT2D eigenvalue weighted by molar-refractivity contribution is 5.81. The van der Waals surface area contributed by atoms with Crippen molar-refractivity contribution in [3.8, 4) is 0 Å². The third-order valence-electron chi connectivity index (χ3n) is 4.12. The fourth-order valence-electron chi connectivity index (χ4n) is 3.00. The van der Waals surface area contributed by atoms with Crippen LogP contribution in [0.5, 0.6) is 0 Å². The summed E-state index contributed by atoms with van der Waals surface area (Å²) in [5.74, 6) is -0.585. The predicted octanol–water partition coefficient (Wildman–Crippen LogP) is -0.0916. The standard InChI is InChI=1S/C12H16FN5O2/c13-9-7(3-20)6(2-19)1-8(9)18-5-17-10-11(14)15-4-16-12(10)18/h4-9,19-20H,1-3H2,(H2,14,15,16)/t6-,7-,8+,9-/m1/s1. The van der Waals surface area contributed by atoms with E-state index in [1.54, 1.807) is 4.57 Å². The summed E-state index contributed by atoms with van der Waals surface area (Å²) in [5.41, 5.74) is 6.62. The third-order valence-corrected chi connectivity index (χ3v) is 4.12. The van der Waals surface area contributed by atoms with Gasteiger partial charge < -0.3 is 20.5 Å². The third kappa shape index (κ3) is 1.83. The van der Waals surface area contributed by atoms with E-state index >= 15 is 0 Å². The summed E-state index contributed by atoms with van der Waals surface area (Å²) >= 11 is 0. The minimum absolute atomic E-state index is 0.147. The first-order valence-corrected chi connectivity index (χ1v) is 6.46. The molecule has 4 atom stereocenters. The van der Waals surface area contributed by atoms with Crippen LogP contribution in [-0.4, -0.2) is 49.1 Å². The van der Waals surface area contributed by atoms with Crippen LogP contribution >= 0.6 is 0 Å². The maximum Gasteiger partial charge on any atom is 0.165 e. The monoisotopic (exact) mass is 281 g/mol. The van der Waals surface area contributed by atoms with Crippen molar-refractivity contribution in [2.24, 2.45) is 11.8 Å². The van der Waals surface area contributed by atoms with Crippen molar-refractivity contribution in [1.82, 2.24) is 19.5 Å². The molecule has 4 N–H and O–H groups in total. The maximum absolute atomic E-state index is 14.5. The first kappa shape index (κ1) is 13.2. The normalized spacial score (nSPS) is 30.1. The smallest absolute Gasteiger partial charge is 0.165 e. The van der Waals surface area contributed by atoms with Crippen LogP contribution in [0.2, 0.25) is 0 Å². The van der Waals surface area contributed by atoms with Gasteiger partial charge in [0.15, 0.2) is 11.5 Å². The second-order valence-electron chi connectivity index (χ2n) is 5.12. The number of rotatable bonds is 3. The summed E-state index contributed by atoms with van der Waals surface area (Å²) in [5, 5.41) is 18.6. The van der Waals surface area contributed by atoms with Crippen molar-refractivity contribution in [2.75, 3.05) is 18.9 Å². The molecule has 3 rings (SSSR count). The Bertz CT molecular complexity index is 619. The molecule has 2 aromatic rings. The highest BCUT2D eigenvalue weighted by atomic mass is 19.1. The molecule has 1 aliphatic carbocycles. The lowest BCUT2D eigenvalue weighted by Gasteiger charge is -2.18. The SMILES string of the molecule is Nc1ncnc2c1ncn2[C@H]1C[C@H](CO)[C@@H](CO)[C@H]1F. The van der Waals surface area contributed by atoms with E-state index in [1.165, 1.54) is 12.7 Å². The van der Waals surface area contributed by atoms with E-state index in [9.17, 15) is 14.6 Å². The lowest BCUT2D eigenvalue weighted by Crippen LogP contribution is -2.25. The molecule has 2 aromatic heterocycles. The predicted molar refractivity (Wildman–Crippen MR) is 69.4 cm³/mol. The molecule has 0 amide bonds. The Morgan fingerprint density at radius 1 is 1.30 bits per heavy atom. The Labute approximate surface area is 114 Å². The quantitative estimate of drug-likeness (QED) is 0.725. The molecular weight excluding hydrogens is 265 g/mol. The highest BCUT2D eigenvalue weighted by Crippen LogP contribution is 2.42. The van der Waals surface area contributed by atoms with Gasteiger partial charge >= 0.3 is 0 Å². The van der Waals surface area contributed by atoms with Crippen molar-refractivity contribution in [2.45, 2.75) is 18.6 Å². The first-order chi connectivity index (χ1) is 9.67. The number of hydrogen-bond acceptors (Lipinski definition) is 6. The molecule has 7 nitrogen and oxygen atoms in total. The van der Waals surface area contributed by atoms with Gasteiger partial charge in [0, 0.05) is 19.1 Å². The largest absolute Gasteiger partial charge is 0.396 e. The van der Waals surface area contributed by atoms with Crippen LogP contribution in [0, 0.1) is 11.8 Å². The number of alkyl halides is 1. The minimum Gasteiger partial charge on any atom is -0.396 e. The summed E-state index contributed by atoms with van der Waals surface area (Å²) in [6.07, 6.45) is 1.97. The van der Waals surface area contributed by atoms with Crippen molar-refractivity contribution in [3.63, 3.8) is 0 Å². The number of aliphatic hydroxyl groups excluding tert-OH is 2. The molecule has 20 heavy (non-hydrogen) atoms. The van der Waals surface area contributed by atoms with Crippen LogP contribution in [0.3, 0.4) is 0 Å². The topological polar surface area (TPSA) is 110 Å². The number of nitrogens with zero attached hydrogens (tertiary/aromatic N) is 4. The molecule has 8 heteroatoms. The zero-order valence-electron chi connectivity index (χ0n) is 10.7. The number of halogens is 1. The molecule has 108 valence electrons. The molecular formula is C12H16FN5O2. The molecule has 1 fully saturated rings. The number of fused-ring (bicyclic) bond motifs is 1. The minimum atomic E-state index is -1.26. The molecule has 0 saturated heterocycles. The van der Waals surface area contributed by atoms with Crippen molar-refractivity contribution >= 4 is 17.0 Å². The lowest BCUT2D eigenvalue weighted by atomic mass is 9.97. The number of imidazole rings is 1. The zero-order chi connectivity index (χ0) is 14.3. The van der Waals surface area contributed by atoms with Gasteiger partial charge in [0.05, 0.1) is 12.4 Å². The summed E-state index contributed by atoms with van der Waals surface area (Å²) in [6.45, 7) is -0.432. The molecule has 1 saturated carbocycles. The van der Waals surface area contributed by atoms with E-state index in [2.05, 4.69) is 15.0 Å². The van der Waals surface area contributed by atoms with E-state index < -0.39 is 18.1 Å². The van der Waals surface area contributed by atoms with Crippen molar-refractivity contribution in [1.29, 1.82) is 0 Å². The van der Waals surface area contributed by atoms with Crippen LogP contribution in [0.25, 0.3) is 11.2 Å². The first-order valence-electron chi connectivity index (χ1n) is 6.46. The Kier molecular flexibility index (Phi) is 3.27.